The average molecular weight is 297 g/mol. The van der Waals surface area contributed by atoms with Crippen molar-refractivity contribution in [3.63, 3.8) is 0 Å². The zero-order valence-corrected chi connectivity index (χ0v) is 11.7. The molecule has 2 heterocycles. The van der Waals surface area contributed by atoms with Crippen LogP contribution in [0.2, 0.25) is 0 Å². The smallest absolute Gasteiger partial charge is 0.248 e. The van der Waals surface area contributed by atoms with E-state index in [-0.39, 0.29) is 5.91 Å². The van der Waals surface area contributed by atoms with Crippen molar-refractivity contribution in [3.8, 4) is 5.69 Å². The van der Waals surface area contributed by atoms with Crippen LogP contribution < -0.4 is 5.32 Å². The number of nitrogens with one attached hydrogen (secondary N) is 1. The van der Waals surface area contributed by atoms with Crippen LogP contribution in [0.5, 0.6) is 0 Å². The molecule has 0 saturated carbocycles. The Bertz CT molecular complexity index is 732. The first-order valence-electron chi connectivity index (χ1n) is 6.17. The zero-order valence-electron chi connectivity index (χ0n) is 10.9. The van der Waals surface area contributed by atoms with Crippen molar-refractivity contribution in [1.29, 1.82) is 0 Å². The van der Waals surface area contributed by atoms with Crippen LogP contribution in [-0.4, -0.2) is 26.1 Å². The van der Waals surface area contributed by atoms with E-state index in [4.69, 9.17) is 0 Å². The topological polar surface area (TPSA) is 72.7 Å². The molecule has 0 aliphatic rings. The summed E-state index contributed by atoms with van der Waals surface area (Å²) >= 11 is 1.58. The lowest BCUT2D eigenvalue weighted by Gasteiger charge is -2.03. The Labute approximate surface area is 124 Å². The van der Waals surface area contributed by atoms with Gasteiger partial charge in [0.05, 0.1) is 5.69 Å². The van der Waals surface area contributed by atoms with Gasteiger partial charge in [-0.25, -0.2) is 4.68 Å². The number of hydrogen-bond donors (Lipinski definition) is 1. The van der Waals surface area contributed by atoms with Gasteiger partial charge in [0.2, 0.25) is 5.91 Å². The molecule has 3 rings (SSSR count). The molecule has 0 unspecified atom stereocenters. The van der Waals surface area contributed by atoms with Crippen LogP contribution in [0, 0.1) is 0 Å². The van der Waals surface area contributed by atoms with E-state index < -0.39 is 0 Å². The fraction of sp³-hybridized carbons (Fsp3) is 0. The van der Waals surface area contributed by atoms with Gasteiger partial charge in [-0.15, -0.1) is 16.4 Å². The normalized spacial score (nSPS) is 10.9. The summed E-state index contributed by atoms with van der Waals surface area (Å²) in [5, 5.41) is 15.7. The van der Waals surface area contributed by atoms with Gasteiger partial charge < -0.3 is 5.32 Å². The third-order valence-electron chi connectivity index (χ3n) is 2.69. The number of rotatable bonds is 4. The van der Waals surface area contributed by atoms with E-state index in [2.05, 4.69) is 20.8 Å². The van der Waals surface area contributed by atoms with Crippen LogP contribution in [0.25, 0.3) is 11.8 Å². The molecule has 21 heavy (non-hydrogen) atoms. The Morgan fingerprint density at radius 3 is 2.76 bits per heavy atom. The maximum atomic E-state index is 11.8. The lowest BCUT2D eigenvalue weighted by Crippen LogP contribution is -2.07. The van der Waals surface area contributed by atoms with E-state index >= 15 is 0 Å². The number of nitrogens with zero attached hydrogens (tertiary/aromatic N) is 4. The van der Waals surface area contributed by atoms with Crippen molar-refractivity contribution in [2.45, 2.75) is 0 Å². The third-order valence-corrected chi connectivity index (χ3v) is 3.53. The maximum Gasteiger partial charge on any atom is 0.248 e. The monoisotopic (exact) mass is 297 g/mol. The first-order valence-corrected chi connectivity index (χ1v) is 7.05. The lowest BCUT2D eigenvalue weighted by molar-refractivity contribution is -0.111. The van der Waals surface area contributed by atoms with Crippen molar-refractivity contribution in [1.82, 2.24) is 20.2 Å². The van der Waals surface area contributed by atoms with Crippen LogP contribution >= 0.6 is 11.3 Å². The van der Waals surface area contributed by atoms with E-state index in [1.165, 1.54) is 12.4 Å². The second kappa shape index (κ2) is 6.10. The summed E-state index contributed by atoms with van der Waals surface area (Å²) in [5.41, 5.74) is 1.54. The molecular weight excluding hydrogens is 286 g/mol. The van der Waals surface area contributed by atoms with E-state index in [0.717, 1.165) is 10.6 Å². The highest BCUT2D eigenvalue weighted by Crippen LogP contribution is 2.13. The summed E-state index contributed by atoms with van der Waals surface area (Å²) in [6.07, 6.45) is 4.81. The molecular formula is C14H11N5OS. The first-order chi connectivity index (χ1) is 10.3. The van der Waals surface area contributed by atoms with Gasteiger partial charge >= 0.3 is 0 Å². The number of amides is 1. The molecule has 0 aliphatic heterocycles. The summed E-state index contributed by atoms with van der Waals surface area (Å²) in [4.78, 5) is 12.8. The van der Waals surface area contributed by atoms with Crippen LogP contribution in [0.3, 0.4) is 0 Å². The van der Waals surface area contributed by atoms with Gasteiger partial charge in [-0.05, 0) is 52.2 Å². The number of anilines is 1. The summed E-state index contributed by atoms with van der Waals surface area (Å²) in [6.45, 7) is 0. The first kappa shape index (κ1) is 13.2. The van der Waals surface area contributed by atoms with Crippen LogP contribution in [0.1, 0.15) is 4.88 Å². The van der Waals surface area contributed by atoms with Gasteiger partial charge in [-0.1, -0.05) is 6.07 Å². The fourth-order valence-electron chi connectivity index (χ4n) is 1.70. The van der Waals surface area contributed by atoms with Crippen molar-refractivity contribution < 1.29 is 4.79 Å². The SMILES string of the molecule is O=C(C=Cc1cccs1)Nc1ccc(-n2cnnn2)cc1. The minimum atomic E-state index is -0.168. The molecule has 1 N–H and O–H groups in total. The van der Waals surface area contributed by atoms with Gasteiger partial charge in [0.25, 0.3) is 0 Å². The lowest BCUT2D eigenvalue weighted by atomic mass is 10.3. The highest BCUT2D eigenvalue weighted by atomic mass is 32.1. The second-order valence-corrected chi connectivity index (χ2v) is 5.12. The van der Waals surface area contributed by atoms with E-state index in [1.54, 1.807) is 34.2 Å². The van der Waals surface area contributed by atoms with Gasteiger partial charge in [0.15, 0.2) is 0 Å². The largest absolute Gasteiger partial charge is 0.323 e. The van der Waals surface area contributed by atoms with E-state index in [9.17, 15) is 4.79 Å². The predicted octanol–water partition coefficient (Wildman–Crippen LogP) is 2.38. The van der Waals surface area contributed by atoms with Crippen molar-refractivity contribution in [3.05, 3.63) is 59.1 Å². The Morgan fingerprint density at radius 2 is 2.10 bits per heavy atom. The van der Waals surface area contributed by atoms with Gasteiger partial charge in [0.1, 0.15) is 6.33 Å². The minimum absolute atomic E-state index is 0.168. The molecule has 0 spiro atoms. The predicted molar refractivity (Wildman–Crippen MR) is 81.1 cm³/mol. The Balaban J connectivity index is 1.64. The van der Waals surface area contributed by atoms with Crippen molar-refractivity contribution in [2.24, 2.45) is 0 Å². The number of benzene rings is 1. The van der Waals surface area contributed by atoms with Crippen LogP contribution in [-0.2, 0) is 4.79 Å². The Hall–Kier alpha value is -2.80. The highest BCUT2D eigenvalue weighted by Gasteiger charge is 2.00. The van der Waals surface area contributed by atoms with Crippen molar-refractivity contribution in [2.75, 3.05) is 5.32 Å². The van der Waals surface area contributed by atoms with Crippen LogP contribution in [0.4, 0.5) is 5.69 Å². The molecule has 104 valence electrons. The molecule has 1 amide bonds. The molecule has 2 aromatic heterocycles. The summed E-state index contributed by atoms with van der Waals surface area (Å²) < 4.78 is 1.54. The minimum Gasteiger partial charge on any atom is -0.323 e. The molecule has 3 aromatic rings. The molecule has 0 fully saturated rings. The molecule has 0 atom stereocenters. The number of aromatic nitrogens is 4. The molecule has 0 bridgehead atoms. The van der Waals surface area contributed by atoms with E-state index in [1.807, 2.05) is 29.6 Å². The molecule has 0 radical (unpaired) electrons. The van der Waals surface area contributed by atoms with Gasteiger partial charge in [-0.2, -0.15) is 0 Å². The fourth-order valence-corrected chi connectivity index (χ4v) is 2.32. The summed E-state index contributed by atoms with van der Waals surface area (Å²) in [5.74, 6) is -0.168. The van der Waals surface area contributed by atoms with Gasteiger partial charge in [0, 0.05) is 16.6 Å². The number of carbonyl (C=O) groups is 1. The average Bonchev–Trinajstić information content (AvgIpc) is 3.19. The van der Waals surface area contributed by atoms with Crippen LogP contribution in [0.15, 0.2) is 54.2 Å². The zero-order chi connectivity index (χ0) is 14.5. The molecule has 0 saturated heterocycles. The molecule has 1 aromatic carbocycles. The second-order valence-electron chi connectivity index (χ2n) is 4.14. The third kappa shape index (κ3) is 3.40. The standard InChI is InChI=1S/C14H11N5OS/c20-14(8-7-13-2-1-9-21-13)16-11-3-5-12(6-4-11)19-10-15-17-18-19/h1-10H,(H,16,20). The summed E-state index contributed by atoms with van der Waals surface area (Å²) in [7, 11) is 0. The van der Waals surface area contributed by atoms with Crippen molar-refractivity contribution >= 4 is 29.0 Å². The molecule has 0 aliphatic carbocycles. The Kier molecular flexibility index (Phi) is 3.83. The maximum absolute atomic E-state index is 11.8. The van der Waals surface area contributed by atoms with E-state index in [0.29, 0.717) is 5.69 Å². The molecule has 6 nitrogen and oxygen atoms in total. The summed E-state index contributed by atoms with van der Waals surface area (Å²) in [6, 6.07) is 11.2. The number of thiophene rings is 1. The number of tetrazole rings is 1. The van der Waals surface area contributed by atoms with Gasteiger partial charge in [-0.3, -0.25) is 4.79 Å². The number of carbonyl (C=O) groups excluding carboxylic acids is 1. The highest BCUT2D eigenvalue weighted by molar-refractivity contribution is 7.10. The molecule has 7 heteroatoms. The number of hydrogen-bond acceptors (Lipinski definition) is 5. The Morgan fingerprint density at radius 1 is 1.24 bits per heavy atom. The quantitative estimate of drug-likeness (QED) is 0.750.